The number of benzene rings is 1. The van der Waals surface area contributed by atoms with Gasteiger partial charge in [-0.1, -0.05) is 11.6 Å². The van der Waals surface area contributed by atoms with Gasteiger partial charge in [0.1, 0.15) is 11.5 Å². The largest absolute Gasteiger partial charge is 0.453 e. The highest BCUT2D eigenvalue weighted by molar-refractivity contribution is 6.31. The molecule has 0 bridgehead atoms. The topological polar surface area (TPSA) is 116 Å². The van der Waals surface area contributed by atoms with Crippen LogP contribution in [0, 0.1) is 13.8 Å². The van der Waals surface area contributed by atoms with E-state index in [0.29, 0.717) is 40.6 Å². The maximum absolute atomic E-state index is 12.6. The van der Waals surface area contributed by atoms with E-state index in [1.54, 1.807) is 25.1 Å². The summed E-state index contributed by atoms with van der Waals surface area (Å²) >= 11 is 6.00. The van der Waals surface area contributed by atoms with Gasteiger partial charge in [0, 0.05) is 22.6 Å². The number of hydrogen-bond donors (Lipinski definition) is 2. The number of furan rings is 1. The fourth-order valence-electron chi connectivity index (χ4n) is 2.92. The van der Waals surface area contributed by atoms with Crippen LogP contribution in [0.2, 0.25) is 5.02 Å². The summed E-state index contributed by atoms with van der Waals surface area (Å²) in [6.45, 7) is 3.63. The van der Waals surface area contributed by atoms with E-state index in [1.165, 1.54) is 0 Å². The third-order valence-corrected chi connectivity index (χ3v) is 4.56. The quantitative estimate of drug-likeness (QED) is 0.281. The molecule has 1 aliphatic rings. The van der Waals surface area contributed by atoms with Crippen LogP contribution in [0.4, 0.5) is 0 Å². The van der Waals surface area contributed by atoms with E-state index >= 15 is 0 Å². The summed E-state index contributed by atoms with van der Waals surface area (Å²) in [5.41, 5.74) is 13.6. The number of guanidine groups is 1. The molecule has 1 heterocycles. The van der Waals surface area contributed by atoms with Gasteiger partial charge in [-0.05, 0) is 50.5 Å². The SMILES string of the molecule is Cc1cc(OC(=O)c2oc3c(c2C)/C(=N/N=C(N)N)CCC3)ccc1Cl. The number of fused-ring (bicyclic) bond motifs is 1. The van der Waals surface area contributed by atoms with Gasteiger partial charge in [0.25, 0.3) is 0 Å². The molecule has 8 heteroatoms. The second-order valence-corrected chi connectivity index (χ2v) is 6.49. The molecule has 0 radical (unpaired) electrons. The first-order valence-electron chi connectivity index (χ1n) is 8.13. The van der Waals surface area contributed by atoms with Gasteiger partial charge in [-0.2, -0.15) is 5.10 Å². The molecule has 0 unspecified atom stereocenters. The molecule has 3 rings (SSSR count). The highest BCUT2D eigenvalue weighted by atomic mass is 35.5. The van der Waals surface area contributed by atoms with Crippen LogP contribution in [0.1, 0.15) is 45.8 Å². The van der Waals surface area contributed by atoms with Gasteiger partial charge < -0.3 is 20.6 Å². The van der Waals surface area contributed by atoms with Gasteiger partial charge in [-0.3, -0.25) is 0 Å². The fraction of sp³-hybridized carbons (Fsp3) is 0.278. The molecular formula is C18H19ClN4O3. The van der Waals surface area contributed by atoms with Crippen LogP contribution >= 0.6 is 11.6 Å². The lowest BCUT2D eigenvalue weighted by Crippen LogP contribution is -2.22. The van der Waals surface area contributed by atoms with E-state index in [2.05, 4.69) is 10.2 Å². The summed E-state index contributed by atoms with van der Waals surface area (Å²) in [6.07, 6.45) is 2.25. The number of ether oxygens (including phenoxy) is 1. The highest BCUT2D eigenvalue weighted by Crippen LogP contribution is 2.31. The predicted molar refractivity (Wildman–Crippen MR) is 99.9 cm³/mol. The maximum Gasteiger partial charge on any atom is 0.379 e. The second kappa shape index (κ2) is 7.21. The summed E-state index contributed by atoms with van der Waals surface area (Å²) in [4.78, 5) is 12.6. The highest BCUT2D eigenvalue weighted by Gasteiger charge is 2.29. The lowest BCUT2D eigenvalue weighted by atomic mass is 9.93. The number of carbonyl (C=O) groups is 1. The number of halogens is 1. The van der Waals surface area contributed by atoms with Crippen molar-refractivity contribution in [1.82, 2.24) is 0 Å². The second-order valence-electron chi connectivity index (χ2n) is 6.08. The number of esters is 1. The summed E-state index contributed by atoms with van der Waals surface area (Å²) < 4.78 is 11.2. The van der Waals surface area contributed by atoms with E-state index in [-0.39, 0.29) is 11.7 Å². The molecule has 1 aromatic carbocycles. The van der Waals surface area contributed by atoms with Crippen molar-refractivity contribution in [1.29, 1.82) is 0 Å². The number of aryl methyl sites for hydroxylation is 2. The Morgan fingerprint density at radius 3 is 2.73 bits per heavy atom. The maximum atomic E-state index is 12.6. The summed E-state index contributed by atoms with van der Waals surface area (Å²) in [7, 11) is 0. The molecule has 26 heavy (non-hydrogen) atoms. The number of carbonyl (C=O) groups excluding carboxylic acids is 1. The minimum absolute atomic E-state index is 0.122. The van der Waals surface area contributed by atoms with Crippen LogP contribution < -0.4 is 16.2 Å². The zero-order valence-electron chi connectivity index (χ0n) is 14.5. The van der Waals surface area contributed by atoms with E-state index in [1.807, 2.05) is 6.92 Å². The van der Waals surface area contributed by atoms with E-state index in [0.717, 1.165) is 17.5 Å². The Morgan fingerprint density at radius 1 is 1.27 bits per heavy atom. The van der Waals surface area contributed by atoms with E-state index in [9.17, 15) is 4.79 Å². The lowest BCUT2D eigenvalue weighted by molar-refractivity contribution is 0.0698. The Hall–Kier alpha value is -2.80. The Labute approximate surface area is 155 Å². The van der Waals surface area contributed by atoms with E-state index in [4.69, 9.17) is 32.2 Å². The van der Waals surface area contributed by atoms with Crippen molar-refractivity contribution in [2.24, 2.45) is 21.7 Å². The number of nitrogens with zero attached hydrogens (tertiary/aromatic N) is 2. The summed E-state index contributed by atoms with van der Waals surface area (Å²) in [6, 6.07) is 5.01. The van der Waals surface area contributed by atoms with Gasteiger partial charge in [-0.25, -0.2) is 4.79 Å². The zero-order valence-corrected chi connectivity index (χ0v) is 15.3. The number of hydrogen-bond acceptors (Lipinski definition) is 5. The van der Waals surface area contributed by atoms with E-state index < -0.39 is 5.97 Å². The Kier molecular flexibility index (Phi) is 4.99. The van der Waals surface area contributed by atoms with Gasteiger partial charge in [-0.15, -0.1) is 5.10 Å². The smallest absolute Gasteiger partial charge is 0.379 e. The van der Waals surface area contributed by atoms with Crippen LogP contribution in [-0.2, 0) is 6.42 Å². The first-order valence-corrected chi connectivity index (χ1v) is 8.51. The summed E-state index contributed by atoms with van der Waals surface area (Å²) in [5.74, 6) is 0.558. The molecule has 7 nitrogen and oxygen atoms in total. The van der Waals surface area contributed by atoms with Crippen LogP contribution in [-0.4, -0.2) is 17.6 Å². The van der Waals surface area contributed by atoms with Crippen molar-refractivity contribution in [3.63, 3.8) is 0 Å². The minimum atomic E-state index is -0.570. The molecule has 1 aromatic heterocycles. The molecular weight excluding hydrogens is 356 g/mol. The van der Waals surface area contributed by atoms with Crippen LogP contribution in [0.25, 0.3) is 0 Å². The average Bonchev–Trinajstić information content (AvgIpc) is 2.94. The van der Waals surface area contributed by atoms with Crippen molar-refractivity contribution in [2.45, 2.75) is 33.1 Å². The van der Waals surface area contributed by atoms with Crippen LogP contribution in [0.3, 0.4) is 0 Å². The predicted octanol–water partition coefficient (Wildman–Crippen LogP) is 3.08. The number of rotatable bonds is 3. The molecule has 136 valence electrons. The number of nitrogens with two attached hydrogens (primary N) is 2. The fourth-order valence-corrected chi connectivity index (χ4v) is 3.03. The van der Waals surface area contributed by atoms with Gasteiger partial charge in [0.05, 0.1) is 5.71 Å². The molecule has 0 atom stereocenters. The van der Waals surface area contributed by atoms with Crippen molar-refractivity contribution in [3.05, 3.63) is 51.4 Å². The molecule has 0 spiro atoms. The van der Waals surface area contributed by atoms with Crippen molar-refractivity contribution in [2.75, 3.05) is 0 Å². The lowest BCUT2D eigenvalue weighted by Gasteiger charge is -2.11. The molecule has 4 N–H and O–H groups in total. The average molecular weight is 375 g/mol. The van der Waals surface area contributed by atoms with Crippen molar-refractivity contribution in [3.8, 4) is 5.75 Å². The Balaban J connectivity index is 1.92. The summed E-state index contributed by atoms with van der Waals surface area (Å²) in [5, 5.41) is 8.42. The monoisotopic (exact) mass is 374 g/mol. The third-order valence-electron chi connectivity index (χ3n) is 4.14. The van der Waals surface area contributed by atoms with Crippen LogP contribution in [0.15, 0.2) is 32.8 Å². The molecule has 0 saturated carbocycles. The normalized spacial score (nSPS) is 14.8. The van der Waals surface area contributed by atoms with Gasteiger partial charge in [0.15, 0.2) is 0 Å². The molecule has 0 amide bonds. The third kappa shape index (κ3) is 3.57. The van der Waals surface area contributed by atoms with Gasteiger partial charge >= 0.3 is 5.97 Å². The Bertz CT molecular complexity index is 927. The first-order chi connectivity index (χ1) is 12.4. The van der Waals surface area contributed by atoms with Crippen LogP contribution in [0.5, 0.6) is 5.75 Å². The van der Waals surface area contributed by atoms with Gasteiger partial charge in [0.2, 0.25) is 11.7 Å². The van der Waals surface area contributed by atoms with Crippen molar-refractivity contribution < 1.29 is 13.9 Å². The molecule has 0 saturated heterocycles. The molecule has 0 aliphatic heterocycles. The Morgan fingerprint density at radius 2 is 2.04 bits per heavy atom. The zero-order chi connectivity index (χ0) is 18.8. The first kappa shape index (κ1) is 18.0. The molecule has 0 fully saturated rings. The van der Waals surface area contributed by atoms with Crippen molar-refractivity contribution >= 4 is 29.2 Å². The standard InChI is InChI=1S/C18H19ClN4O3/c1-9-8-11(6-7-12(9)19)25-17(24)16-10(2)15-13(22-23-18(20)21)4-3-5-14(15)26-16/h6-8H,3-5H2,1-2H3,(H4,20,21,23)/b22-13+. The minimum Gasteiger partial charge on any atom is -0.453 e. The molecule has 1 aliphatic carbocycles. The molecule has 2 aromatic rings.